The number of benzene rings is 3. The first-order valence-corrected chi connectivity index (χ1v) is 11.8. The molecule has 2 N–H and O–H groups in total. The van der Waals surface area contributed by atoms with Gasteiger partial charge >= 0.3 is 0 Å². The lowest BCUT2D eigenvalue weighted by Crippen LogP contribution is -2.34. The van der Waals surface area contributed by atoms with Crippen molar-refractivity contribution in [3.05, 3.63) is 74.8 Å². The highest BCUT2D eigenvalue weighted by molar-refractivity contribution is 9.10. The Labute approximate surface area is 211 Å². The minimum Gasteiger partial charge on any atom is -0.496 e. The third-order valence-corrected chi connectivity index (χ3v) is 6.13. The third kappa shape index (κ3) is 4.83. The molecular weight excluding hydrogens is 514 g/mol. The molecule has 0 spiro atoms. The predicted molar refractivity (Wildman–Crippen MR) is 143 cm³/mol. The van der Waals surface area contributed by atoms with Gasteiger partial charge in [-0.05, 0) is 92.5 Å². The van der Waals surface area contributed by atoms with Crippen molar-refractivity contribution in [3.8, 4) is 17.2 Å². The highest BCUT2D eigenvalue weighted by Gasteiger charge is 2.18. The van der Waals surface area contributed by atoms with E-state index in [1.165, 1.54) is 7.11 Å². The summed E-state index contributed by atoms with van der Waals surface area (Å²) in [6.45, 7) is 7.88. The smallest absolute Gasteiger partial charge is 0.261 e. The SMILES string of the molecule is COc1c(C)cc(Br)cc1C(=O)NC(=S)Nc1cc(-c2nc3cc(C)cc(C)c3o2)ccc1C. The summed E-state index contributed by atoms with van der Waals surface area (Å²) in [6.07, 6.45) is 0. The van der Waals surface area contributed by atoms with E-state index in [9.17, 15) is 4.79 Å². The largest absolute Gasteiger partial charge is 0.496 e. The summed E-state index contributed by atoms with van der Waals surface area (Å²) in [5.41, 5.74) is 7.51. The van der Waals surface area contributed by atoms with Crippen molar-refractivity contribution in [2.45, 2.75) is 27.7 Å². The lowest BCUT2D eigenvalue weighted by atomic mass is 10.1. The summed E-state index contributed by atoms with van der Waals surface area (Å²) in [7, 11) is 1.54. The molecule has 34 heavy (non-hydrogen) atoms. The predicted octanol–water partition coefficient (Wildman–Crippen LogP) is 6.63. The van der Waals surface area contributed by atoms with Crippen LogP contribution < -0.4 is 15.4 Å². The molecule has 0 aliphatic heterocycles. The Hall–Kier alpha value is -3.23. The van der Waals surface area contributed by atoms with E-state index in [4.69, 9.17) is 21.4 Å². The van der Waals surface area contributed by atoms with Crippen LogP contribution >= 0.6 is 28.1 Å². The van der Waals surface area contributed by atoms with E-state index in [-0.39, 0.29) is 11.0 Å². The first-order chi connectivity index (χ1) is 16.2. The molecule has 6 nitrogen and oxygen atoms in total. The molecule has 4 rings (SSSR count). The van der Waals surface area contributed by atoms with E-state index >= 15 is 0 Å². The Balaban J connectivity index is 1.57. The number of amides is 1. The highest BCUT2D eigenvalue weighted by Crippen LogP contribution is 2.30. The van der Waals surface area contributed by atoms with Crippen LogP contribution in [0.2, 0.25) is 0 Å². The number of carbonyl (C=O) groups excluding carboxylic acids is 1. The number of aryl methyl sites for hydroxylation is 4. The van der Waals surface area contributed by atoms with Crippen LogP contribution in [0.15, 0.2) is 51.4 Å². The quantitative estimate of drug-likeness (QED) is 0.284. The molecule has 0 aliphatic carbocycles. The minimum absolute atomic E-state index is 0.175. The zero-order valence-corrected chi connectivity index (χ0v) is 21.9. The molecule has 4 aromatic rings. The molecule has 0 atom stereocenters. The van der Waals surface area contributed by atoms with Crippen LogP contribution in [0.3, 0.4) is 0 Å². The zero-order chi connectivity index (χ0) is 24.6. The van der Waals surface area contributed by atoms with Crippen LogP contribution in [-0.4, -0.2) is 23.1 Å². The molecule has 0 saturated carbocycles. The van der Waals surface area contributed by atoms with Gasteiger partial charge in [-0.1, -0.05) is 28.1 Å². The van der Waals surface area contributed by atoms with Crippen molar-refractivity contribution < 1.29 is 13.9 Å². The number of halogens is 1. The van der Waals surface area contributed by atoms with E-state index in [1.54, 1.807) is 6.07 Å². The topological polar surface area (TPSA) is 76.4 Å². The Bertz CT molecular complexity index is 1450. The van der Waals surface area contributed by atoms with Crippen molar-refractivity contribution >= 4 is 56.0 Å². The van der Waals surface area contributed by atoms with Gasteiger partial charge in [0.1, 0.15) is 11.3 Å². The van der Waals surface area contributed by atoms with Gasteiger partial charge in [0, 0.05) is 15.7 Å². The third-order valence-electron chi connectivity index (χ3n) is 5.47. The number of methoxy groups -OCH3 is 1. The first kappa shape index (κ1) is 23.9. The van der Waals surface area contributed by atoms with Gasteiger partial charge in [-0.3, -0.25) is 10.1 Å². The van der Waals surface area contributed by atoms with Gasteiger partial charge in [-0.25, -0.2) is 4.98 Å². The number of nitrogens with zero attached hydrogens (tertiary/aromatic N) is 1. The number of fused-ring (bicyclic) bond motifs is 1. The number of anilines is 1. The van der Waals surface area contributed by atoms with Crippen LogP contribution in [0.1, 0.15) is 32.6 Å². The maximum Gasteiger partial charge on any atom is 0.261 e. The average molecular weight is 538 g/mol. The van der Waals surface area contributed by atoms with E-state index in [1.807, 2.05) is 58.0 Å². The minimum atomic E-state index is -0.364. The summed E-state index contributed by atoms with van der Waals surface area (Å²) in [4.78, 5) is 17.6. The second-order valence-electron chi connectivity index (χ2n) is 8.19. The first-order valence-electron chi connectivity index (χ1n) is 10.6. The molecule has 3 aromatic carbocycles. The number of carbonyl (C=O) groups is 1. The molecule has 0 radical (unpaired) electrons. The molecule has 0 bridgehead atoms. The molecule has 8 heteroatoms. The lowest BCUT2D eigenvalue weighted by molar-refractivity contribution is 0.0974. The Morgan fingerprint density at radius 1 is 1.03 bits per heavy atom. The summed E-state index contributed by atoms with van der Waals surface area (Å²) in [5.74, 6) is 0.663. The summed E-state index contributed by atoms with van der Waals surface area (Å²) < 4.78 is 12.2. The van der Waals surface area contributed by atoms with Gasteiger partial charge in [0.2, 0.25) is 5.89 Å². The Morgan fingerprint density at radius 2 is 1.79 bits per heavy atom. The van der Waals surface area contributed by atoms with Gasteiger partial charge in [0.05, 0.1) is 12.7 Å². The lowest BCUT2D eigenvalue weighted by Gasteiger charge is -2.15. The number of aromatic nitrogens is 1. The Kier molecular flexibility index (Phi) is 6.72. The maximum atomic E-state index is 12.9. The summed E-state index contributed by atoms with van der Waals surface area (Å²) >= 11 is 8.85. The van der Waals surface area contributed by atoms with Crippen LogP contribution in [0.4, 0.5) is 5.69 Å². The van der Waals surface area contributed by atoms with Crippen molar-refractivity contribution in [3.63, 3.8) is 0 Å². The molecule has 0 fully saturated rings. The number of hydrogen-bond acceptors (Lipinski definition) is 5. The molecule has 0 saturated heterocycles. The Morgan fingerprint density at radius 3 is 2.53 bits per heavy atom. The normalized spacial score (nSPS) is 10.9. The highest BCUT2D eigenvalue weighted by atomic mass is 79.9. The molecule has 0 aliphatic rings. The van der Waals surface area contributed by atoms with Crippen molar-refractivity contribution in [1.82, 2.24) is 10.3 Å². The standard InChI is InChI=1S/C26H24BrN3O3S/c1-13-8-15(3)23-21(9-13)28-25(33-23)17-7-6-14(2)20(11-17)29-26(34)30-24(31)19-12-18(27)10-16(4)22(19)32-5/h6-12H,1-5H3,(H2,29,30,31,34). The number of oxazole rings is 1. The molecule has 174 valence electrons. The van der Waals surface area contributed by atoms with E-state index in [0.717, 1.165) is 49.1 Å². The fourth-order valence-corrected chi connectivity index (χ4v) is 4.66. The van der Waals surface area contributed by atoms with Gasteiger partial charge in [0.15, 0.2) is 10.7 Å². The van der Waals surface area contributed by atoms with Crippen LogP contribution in [0.25, 0.3) is 22.6 Å². The summed E-state index contributed by atoms with van der Waals surface area (Å²) in [6, 6.07) is 13.5. The fourth-order valence-electron chi connectivity index (χ4n) is 3.88. The van der Waals surface area contributed by atoms with Gasteiger partial charge in [-0.15, -0.1) is 0 Å². The number of nitrogens with one attached hydrogen (secondary N) is 2. The van der Waals surface area contributed by atoms with Gasteiger partial charge < -0.3 is 14.5 Å². The molecular formula is C26H24BrN3O3S. The zero-order valence-electron chi connectivity index (χ0n) is 19.5. The van der Waals surface area contributed by atoms with Gasteiger partial charge in [0.25, 0.3) is 5.91 Å². The van der Waals surface area contributed by atoms with Gasteiger partial charge in [-0.2, -0.15) is 0 Å². The second kappa shape index (κ2) is 9.56. The van der Waals surface area contributed by atoms with E-state index in [0.29, 0.717) is 17.2 Å². The molecule has 1 amide bonds. The second-order valence-corrected chi connectivity index (χ2v) is 9.51. The van der Waals surface area contributed by atoms with Crippen molar-refractivity contribution in [1.29, 1.82) is 0 Å². The summed E-state index contributed by atoms with van der Waals surface area (Å²) in [5, 5.41) is 6.03. The van der Waals surface area contributed by atoms with Crippen molar-refractivity contribution in [2.75, 3.05) is 12.4 Å². The molecule has 0 unspecified atom stereocenters. The van der Waals surface area contributed by atoms with E-state index < -0.39 is 0 Å². The average Bonchev–Trinajstić information content (AvgIpc) is 3.19. The monoisotopic (exact) mass is 537 g/mol. The van der Waals surface area contributed by atoms with Crippen LogP contribution in [0, 0.1) is 27.7 Å². The number of thiocarbonyl (C=S) groups is 1. The molecule has 1 aromatic heterocycles. The molecule has 1 heterocycles. The van der Waals surface area contributed by atoms with E-state index in [2.05, 4.69) is 37.6 Å². The number of rotatable bonds is 4. The number of hydrogen-bond donors (Lipinski definition) is 2. The van der Waals surface area contributed by atoms with Crippen LogP contribution in [-0.2, 0) is 0 Å². The fraction of sp³-hybridized carbons (Fsp3) is 0.192. The van der Waals surface area contributed by atoms with Crippen LogP contribution in [0.5, 0.6) is 5.75 Å². The maximum absolute atomic E-state index is 12.9. The number of ether oxygens (including phenoxy) is 1. The van der Waals surface area contributed by atoms with Crippen molar-refractivity contribution in [2.24, 2.45) is 0 Å².